The van der Waals surface area contributed by atoms with Gasteiger partial charge in [0.05, 0.1) is 0 Å². The third kappa shape index (κ3) is 4.22. The molecule has 2 aliphatic rings. The van der Waals surface area contributed by atoms with Crippen LogP contribution in [0.15, 0.2) is 0 Å². The number of unbranched alkanes of at least 4 members (excludes halogenated alkanes) is 3. The third-order valence-corrected chi connectivity index (χ3v) is 4.58. The van der Waals surface area contributed by atoms with E-state index in [-0.39, 0.29) is 0 Å². The first kappa shape index (κ1) is 14.3. The van der Waals surface area contributed by atoms with E-state index in [1.54, 1.807) is 0 Å². The van der Waals surface area contributed by atoms with Crippen LogP contribution >= 0.6 is 0 Å². The van der Waals surface area contributed by atoms with Crippen molar-refractivity contribution >= 4 is 0 Å². The minimum Gasteiger partial charge on any atom is -0.396 e. The van der Waals surface area contributed by atoms with Crippen LogP contribution in [-0.4, -0.2) is 48.3 Å². The van der Waals surface area contributed by atoms with Crippen molar-refractivity contribution in [3.63, 3.8) is 0 Å². The van der Waals surface area contributed by atoms with Crippen molar-refractivity contribution in [2.75, 3.05) is 26.2 Å². The molecule has 0 saturated carbocycles. The highest BCUT2D eigenvalue weighted by Gasteiger charge is 2.30. The van der Waals surface area contributed by atoms with Crippen molar-refractivity contribution in [1.82, 2.24) is 10.2 Å². The molecule has 2 saturated heterocycles. The Balaban J connectivity index is 1.69. The fourth-order valence-corrected chi connectivity index (χ4v) is 3.57. The second-order valence-corrected chi connectivity index (χ2v) is 5.94. The monoisotopic (exact) mass is 254 g/mol. The summed E-state index contributed by atoms with van der Waals surface area (Å²) < 4.78 is 0. The van der Waals surface area contributed by atoms with Gasteiger partial charge in [0, 0.05) is 18.7 Å². The van der Waals surface area contributed by atoms with Crippen molar-refractivity contribution < 1.29 is 5.11 Å². The Labute approximate surface area is 112 Å². The number of rotatable bonds is 7. The SMILES string of the molecule is OCCCCCCN1CCCCC1C1CCCN1. The highest BCUT2D eigenvalue weighted by atomic mass is 16.2. The third-order valence-electron chi connectivity index (χ3n) is 4.58. The van der Waals surface area contributed by atoms with Gasteiger partial charge in [-0.1, -0.05) is 19.3 Å². The second-order valence-electron chi connectivity index (χ2n) is 5.94. The topological polar surface area (TPSA) is 35.5 Å². The number of hydrogen-bond donors (Lipinski definition) is 2. The molecule has 0 aliphatic carbocycles. The summed E-state index contributed by atoms with van der Waals surface area (Å²) in [5.74, 6) is 0. The predicted molar refractivity (Wildman–Crippen MR) is 75.8 cm³/mol. The molecule has 2 heterocycles. The fraction of sp³-hybridized carbons (Fsp3) is 1.00. The summed E-state index contributed by atoms with van der Waals surface area (Å²) in [4.78, 5) is 2.74. The molecule has 2 fully saturated rings. The Morgan fingerprint density at radius 3 is 2.67 bits per heavy atom. The van der Waals surface area contributed by atoms with Crippen LogP contribution in [-0.2, 0) is 0 Å². The van der Waals surface area contributed by atoms with Gasteiger partial charge in [-0.25, -0.2) is 0 Å². The molecule has 106 valence electrons. The van der Waals surface area contributed by atoms with Gasteiger partial charge in [0.2, 0.25) is 0 Å². The molecule has 2 rings (SSSR count). The first-order valence-corrected chi connectivity index (χ1v) is 8.00. The van der Waals surface area contributed by atoms with Crippen LogP contribution < -0.4 is 5.32 Å². The van der Waals surface area contributed by atoms with E-state index in [1.165, 1.54) is 71.0 Å². The number of aliphatic hydroxyl groups is 1. The Morgan fingerprint density at radius 1 is 1.00 bits per heavy atom. The van der Waals surface area contributed by atoms with Gasteiger partial charge >= 0.3 is 0 Å². The normalized spacial score (nSPS) is 29.8. The molecule has 0 spiro atoms. The van der Waals surface area contributed by atoms with Crippen LogP contribution in [0.2, 0.25) is 0 Å². The Morgan fingerprint density at radius 2 is 1.89 bits per heavy atom. The number of hydrogen-bond acceptors (Lipinski definition) is 3. The molecule has 0 aromatic rings. The van der Waals surface area contributed by atoms with Crippen LogP contribution in [0.1, 0.15) is 57.8 Å². The number of piperidine rings is 1. The molecule has 2 N–H and O–H groups in total. The molecule has 0 aromatic carbocycles. The zero-order valence-corrected chi connectivity index (χ0v) is 11.7. The summed E-state index contributed by atoms with van der Waals surface area (Å²) >= 11 is 0. The molecule has 18 heavy (non-hydrogen) atoms. The molecular formula is C15H30N2O. The van der Waals surface area contributed by atoms with Crippen molar-refractivity contribution in [2.45, 2.75) is 69.9 Å². The van der Waals surface area contributed by atoms with Crippen LogP contribution in [0.5, 0.6) is 0 Å². The second kappa shape index (κ2) is 8.13. The fourth-order valence-electron chi connectivity index (χ4n) is 3.57. The van der Waals surface area contributed by atoms with Gasteiger partial charge in [0.15, 0.2) is 0 Å². The summed E-state index contributed by atoms with van der Waals surface area (Å²) in [6, 6.07) is 1.57. The van der Waals surface area contributed by atoms with E-state index in [9.17, 15) is 0 Å². The van der Waals surface area contributed by atoms with Gasteiger partial charge in [0.25, 0.3) is 0 Å². The summed E-state index contributed by atoms with van der Waals surface area (Å²) in [5.41, 5.74) is 0. The van der Waals surface area contributed by atoms with Crippen molar-refractivity contribution in [3.05, 3.63) is 0 Å². The molecule has 0 radical (unpaired) electrons. The molecule has 3 heteroatoms. The van der Waals surface area contributed by atoms with Gasteiger partial charge in [-0.2, -0.15) is 0 Å². The molecule has 2 aliphatic heterocycles. The minimum atomic E-state index is 0.359. The Kier molecular flexibility index (Phi) is 6.46. The summed E-state index contributed by atoms with van der Waals surface area (Å²) in [6.07, 6.45) is 11.7. The Hall–Kier alpha value is -0.120. The van der Waals surface area contributed by atoms with Gasteiger partial charge in [-0.05, 0) is 58.2 Å². The van der Waals surface area contributed by atoms with E-state index in [0.717, 1.165) is 18.5 Å². The summed E-state index contributed by atoms with van der Waals surface area (Å²) in [5, 5.41) is 12.5. The maximum Gasteiger partial charge on any atom is 0.0431 e. The highest BCUT2D eigenvalue weighted by molar-refractivity contribution is 4.90. The molecule has 2 atom stereocenters. The first-order chi connectivity index (χ1) is 8.92. The van der Waals surface area contributed by atoms with Crippen LogP contribution in [0.25, 0.3) is 0 Å². The average molecular weight is 254 g/mol. The van der Waals surface area contributed by atoms with E-state index in [1.807, 2.05) is 0 Å². The van der Waals surface area contributed by atoms with E-state index < -0.39 is 0 Å². The van der Waals surface area contributed by atoms with Gasteiger partial charge in [-0.3, -0.25) is 4.90 Å². The smallest absolute Gasteiger partial charge is 0.0431 e. The quantitative estimate of drug-likeness (QED) is 0.683. The summed E-state index contributed by atoms with van der Waals surface area (Å²) in [6.45, 7) is 4.17. The molecule has 0 amide bonds. The standard InChI is InChI=1S/C15H30N2O/c18-13-6-2-1-4-11-17-12-5-3-9-15(17)14-8-7-10-16-14/h14-16,18H,1-13H2. The van der Waals surface area contributed by atoms with Crippen LogP contribution in [0, 0.1) is 0 Å². The van der Waals surface area contributed by atoms with Crippen molar-refractivity contribution in [3.8, 4) is 0 Å². The number of nitrogens with zero attached hydrogens (tertiary/aromatic N) is 1. The van der Waals surface area contributed by atoms with Gasteiger partial charge < -0.3 is 10.4 Å². The number of likely N-dealkylation sites (tertiary alicyclic amines) is 1. The van der Waals surface area contributed by atoms with Crippen molar-refractivity contribution in [1.29, 1.82) is 0 Å². The highest BCUT2D eigenvalue weighted by Crippen LogP contribution is 2.24. The molecule has 2 unspecified atom stereocenters. The lowest BCUT2D eigenvalue weighted by Crippen LogP contribution is -2.50. The average Bonchev–Trinajstić information content (AvgIpc) is 2.93. The number of nitrogens with one attached hydrogen (secondary N) is 1. The maximum absolute atomic E-state index is 8.78. The maximum atomic E-state index is 8.78. The Bertz CT molecular complexity index is 217. The van der Waals surface area contributed by atoms with Gasteiger partial charge in [0.1, 0.15) is 0 Å². The lowest BCUT2D eigenvalue weighted by atomic mass is 9.94. The van der Waals surface area contributed by atoms with Crippen molar-refractivity contribution in [2.24, 2.45) is 0 Å². The lowest BCUT2D eigenvalue weighted by Gasteiger charge is -2.39. The van der Waals surface area contributed by atoms with E-state index >= 15 is 0 Å². The van der Waals surface area contributed by atoms with Crippen LogP contribution in [0.4, 0.5) is 0 Å². The van der Waals surface area contributed by atoms with Crippen LogP contribution in [0.3, 0.4) is 0 Å². The molecule has 3 nitrogen and oxygen atoms in total. The zero-order chi connectivity index (χ0) is 12.6. The first-order valence-electron chi connectivity index (χ1n) is 8.00. The molecule has 0 bridgehead atoms. The number of aliphatic hydroxyl groups excluding tert-OH is 1. The van der Waals surface area contributed by atoms with E-state index in [4.69, 9.17) is 5.11 Å². The van der Waals surface area contributed by atoms with E-state index in [0.29, 0.717) is 6.61 Å². The molecular weight excluding hydrogens is 224 g/mol. The minimum absolute atomic E-state index is 0.359. The predicted octanol–water partition coefficient (Wildman–Crippen LogP) is 2.15. The zero-order valence-electron chi connectivity index (χ0n) is 11.7. The van der Waals surface area contributed by atoms with Gasteiger partial charge in [-0.15, -0.1) is 0 Å². The largest absolute Gasteiger partial charge is 0.396 e. The molecule has 0 aromatic heterocycles. The van der Waals surface area contributed by atoms with E-state index in [2.05, 4.69) is 10.2 Å². The summed E-state index contributed by atoms with van der Waals surface area (Å²) in [7, 11) is 0. The lowest BCUT2D eigenvalue weighted by molar-refractivity contribution is 0.117.